The van der Waals surface area contributed by atoms with Crippen LogP contribution in [0.4, 0.5) is 0 Å². The molecule has 1 fully saturated rings. The van der Waals surface area contributed by atoms with Crippen molar-refractivity contribution in [1.29, 1.82) is 0 Å². The second kappa shape index (κ2) is 6.83. The molecular weight excluding hydrogens is 282 g/mol. The number of likely N-dealkylation sites (tertiary alicyclic amines) is 1. The summed E-state index contributed by atoms with van der Waals surface area (Å²) in [6, 6.07) is 8.17. The van der Waals surface area contributed by atoms with Crippen LogP contribution < -0.4 is 0 Å². The summed E-state index contributed by atoms with van der Waals surface area (Å²) in [7, 11) is 0. The molecule has 3 heteroatoms. The number of nitrogens with zero attached hydrogens (tertiary/aromatic N) is 1. The number of benzene rings is 1. The summed E-state index contributed by atoms with van der Waals surface area (Å²) in [4.78, 5) is 15.1. The van der Waals surface area contributed by atoms with Crippen molar-refractivity contribution >= 4 is 17.5 Å². The Morgan fingerprint density at radius 2 is 1.95 bits per heavy atom. The van der Waals surface area contributed by atoms with Gasteiger partial charge in [-0.25, -0.2) is 0 Å². The van der Waals surface area contributed by atoms with Crippen molar-refractivity contribution in [1.82, 2.24) is 4.90 Å². The maximum absolute atomic E-state index is 13.1. The molecule has 2 rings (SSSR count). The molecule has 21 heavy (non-hydrogen) atoms. The summed E-state index contributed by atoms with van der Waals surface area (Å²) < 4.78 is 0. The van der Waals surface area contributed by atoms with Gasteiger partial charge in [-0.2, -0.15) is 0 Å². The first kappa shape index (κ1) is 16.4. The van der Waals surface area contributed by atoms with Crippen molar-refractivity contribution in [2.24, 2.45) is 0 Å². The van der Waals surface area contributed by atoms with Crippen molar-refractivity contribution < 1.29 is 4.79 Å². The Bertz CT molecular complexity index is 492. The molecule has 1 saturated heterocycles. The maximum Gasteiger partial charge on any atom is 0.254 e. The topological polar surface area (TPSA) is 20.3 Å². The predicted molar refractivity (Wildman–Crippen MR) is 89.2 cm³/mol. The largest absolute Gasteiger partial charge is 0.334 e. The second-order valence-electron chi connectivity index (χ2n) is 6.95. The van der Waals surface area contributed by atoms with Crippen LogP contribution in [0.2, 0.25) is 0 Å². The molecule has 0 spiro atoms. The first-order chi connectivity index (χ1) is 9.95. The minimum atomic E-state index is -0.0332. The minimum Gasteiger partial charge on any atom is -0.334 e. The van der Waals surface area contributed by atoms with Gasteiger partial charge in [-0.05, 0) is 29.9 Å². The Hall–Kier alpha value is -1.02. The fraction of sp³-hybridized carbons (Fsp3) is 0.611. The van der Waals surface area contributed by atoms with Gasteiger partial charge in [0, 0.05) is 24.0 Å². The summed E-state index contributed by atoms with van der Waals surface area (Å²) in [5.74, 6) is 0.678. The molecule has 1 aliphatic rings. The quantitative estimate of drug-likeness (QED) is 0.731. The number of alkyl halides is 1. The van der Waals surface area contributed by atoms with Gasteiger partial charge in [-0.1, -0.05) is 51.8 Å². The standard InChI is InChI=1S/C18H26ClNO/c1-18(2,3)16-11-7-6-10-15(16)17(21)20-12-8-4-5-9-14(20)13-19/h6-7,10-11,14H,4-5,8-9,12-13H2,1-3H3. The first-order valence-electron chi connectivity index (χ1n) is 7.91. The van der Waals surface area contributed by atoms with Gasteiger partial charge in [0.05, 0.1) is 0 Å². The van der Waals surface area contributed by atoms with E-state index >= 15 is 0 Å². The summed E-state index contributed by atoms with van der Waals surface area (Å²) in [6.07, 6.45) is 4.46. The molecular formula is C18H26ClNO. The van der Waals surface area contributed by atoms with Gasteiger partial charge in [-0.15, -0.1) is 11.6 Å². The highest BCUT2D eigenvalue weighted by molar-refractivity contribution is 6.18. The van der Waals surface area contributed by atoms with E-state index in [2.05, 4.69) is 26.8 Å². The molecule has 1 amide bonds. The van der Waals surface area contributed by atoms with E-state index in [9.17, 15) is 4.79 Å². The van der Waals surface area contributed by atoms with Gasteiger partial charge in [0.25, 0.3) is 5.91 Å². The van der Waals surface area contributed by atoms with Gasteiger partial charge in [0.1, 0.15) is 0 Å². The fourth-order valence-corrected chi connectivity index (χ4v) is 3.40. The smallest absolute Gasteiger partial charge is 0.254 e. The van der Waals surface area contributed by atoms with Crippen molar-refractivity contribution in [2.75, 3.05) is 12.4 Å². The van der Waals surface area contributed by atoms with E-state index in [0.717, 1.165) is 30.5 Å². The van der Waals surface area contributed by atoms with Gasteiger partial charge < -0.3 is 4.90 Å². The summed E-state index contributed by atoms with van der Waals surface area (Å²) in [6.45, 7) is 7.29. The zero-order valence-electron chi connectivity index (χ0n) is 13.4. The molecule has 1 atom stereocenters. The lowest BCUT2D eigenvalue weighted by Gasteiger charge is -2.31. The third-order valence-electron chi connectivity index (χ3n) is 4.28. The number of halogens is 1. The van der Waals surface area contributed by atoms with Crippen LogP contribution in [0.3, 0.4) is 0 Å². The van der Waals surface area contributed by atoms with Gasteiger partial charge in [-0.3, -0.25) is 4.79 Å². The molecule has 116 valence electrons. The van der Waals surface area contributed by atoms with Gasteiger partial charge in [0.15, 0.2) is 0 Å². The zero-order chi connectivity index (χ0) is 15.5. The van der Waals surface area contributed by atoms with E-state index in [1.165, 1.54) is 12.8 Å². The molecule has 0 bridgehead atoms. The SMILES string of the molecule is CC(C)(C)c1ccccc1C(=O)N1CCCCCC1CCl. The Labute approximate surface area is 133 Å². The van der Waals surface area contributed by atoms with Crippen molar-refractivity contribution in [3.05, 3.63) is 35.4 Å². The number of hydrogen-bond acceptors (Lipinski definition) is 1. The fourth-order valence-electron chi connectivity index (χ4n) is 3.08. The monoisotopic (exact) mass is 307 g/mol. The molecule has 0 radical (unpaired) electrons. The van der Waals surface area contributed by atoms with Crippen molar-refractivity contribution in [3.63, 3.8) is 0 Å². The maximum atomic E-state index is 13.1. The van der Waals surface area contributed by atoms with Crippen LogP contribution in [0.1, 0.15) is 62.4 Å². The normalized spacial score (nSPS) is 20.2. The Morgan fingerprint density at radius 3 is 2.62 bits per heavy atom. The van der Waals surface area contributed by atoms with Gasteiger partial charge >= 0.3 is 0 Å². The molecule has 1 aliphatic heterocycles. The van der Waals surface area contributed by atoms with Crippen LogP contribution in [0.15, 0.2) is 24.3 Å². The van der Waals surface area contributed by atoms with E-state index in [1.54, 1.807) is 0 Å². The summed E-state index contributed by atoms with van der Waals surface area (Å²) in [5, 5.41) is 0. The third kappa shape index (κ3) is 3.79. The predicted octanol–water partition coefficient (Wildman–Crippen LogP) is 4.61. The van der Waals surface area contributed by atoms with Crippen LogP contribution in [0.25, 0.3) is 0 Å². The Morgan fingerprint density at radius 1 is 1.24 bits per heavy atom. The molecule has 0 N–H and O–H groups in total. The van der Waals surface area contributed by atoms with E-state index in [1.807, 2.05) is 23.1 Å². The van der Waals surface area contributed by atoms with E-state index in [-0.39, 0.29) is 17.4 Å². The van der Waals surface area contributed by atoms with Crippen molar-refractivity contribution in [2.45, 2.75) is 57.9 Å². The van der Waals surface area contributed by atoms with Crippen LogP contribution in [-0.4, -0.2) is 29.3 Å². The molecule has 1 aromatic rings. The third-order valence-corrected chi connectivity index (χ3v) is 4.64. The van der Waals surface area contributed by atoms with Crippen LogP contribution in [-0.2, 0) is 5.41 Å². The number of carbonyl (C=O) groups is 1. The number of rotatable bonds is 2. The molecule has 2 nitrogen and oxygen atoms in total. The molecule has 1 unspecified atom stereocenters. The lowest BCUT2D eigenvalue weighted by Crippen LogP contribution is -2.42. The Kier molecular flexibility index (Phi) is 5.32. The average Bonchev–Trinajstić information content (AvgIpc) is 2.70. The lowest BCUT2D eigenvalue weighted by molar-refractivity contribution is 0.0698. The highest BCUT2D eigenvalue weighted by atomic mass is 35.5. The zero-order valence-corrected chi connectivity index (χ0v) is 14.1. The summed E-state index contributed by atoms with van der Waals surface area (Å²) in [5.41, 5.74) is 1.92. The molecule has 1 heterocycles. The number of carbonyl (C=O) groups excluding carboxylic acids is 1. The highest BCUT2D eigenvalue weighted by Gasteiger charge is 2.29. The van der Waals surface area contributed by atoms with E-state index < -0.39 is 0 Å². The highest BCUT2D eigenvalue weighted by Crippen LogP contribution is 2.28. The van der Waals surface area contributed by atoms with E-state index in [4.69, 9.17) is 11.6 Å². The average molecular weight is 308 g/mol. The molecule has 0 saturated carbocycles. The first-order valence-corrected chi connectivity index (χ1v) is 8.45. The number of amides is 1. The van der Waals surface area contributed by atoms with Crippen LogP contribution in [0.5, 0.6) is 0 Å². The minimum absolute atomic E-state index is 0.0332. The van der Waals surface area contributed by atoms with Crippen LogP contribution >= 0.6 is 11.6 Å². The van der Waals surface area contributed by atoms with Crippen molar-refractivity contribution in [3.8, 4) is 0 Å². The second-order valence-corrected chi connectivity index (χ2v) is 7.26. The molecule has 1 aromatic carbocycles. The molecule has 0 aromatic heterocycles. The Balaban J connectivity index is 2.34. The molecule has 0 aliphatic carbocycles. The van der Waals surface area contributed by atoms with Crippen LogP contribution in [0, 0.1) is 0 Å². The lowest BCUT2D eigenvalue weighted by atomic mass is 9.83. The summed E-state index contributed by atoms with van der Waals surface area (Å²) >= 11 is 6.11. The van der Waals surface area contributed by atoms with E-state index in [0.29, 0.717) is 5.88 Å². The van der Waals surface area contributed by atoms with Gasteiger partial charge in [0.2, 0.25) is 0 Å². The number of hydrogen-bond donors (Lipinski definition) is 0.